The van der Waals surface area contributed by atoms with Gasteiger partial charge in [-0.15, -0.1) is 0 Å². The molecule has 2 aromatic rings. The van der Waals surface area contributed by atoms with Gasteiger partial charge in [0.05, 0.1) is 11.3 Å². The highest BCUT2D eigenvalue weighted by Crippen LogP contribution is 2.19. The summed E-state index contributed by atoms with van der Waals surface area (Å²) in [5, 5.41) is 5.76. The van der Waals surface area contributed by atoms with Gasteiger partial charge in [0, 0.05) is 5.54 Å². The Bertz CT molecular complexity index is 809. The Balaban J connectivity index is 2.15. The first-order valence-electron chi connectivity index (χ1n) is 9.15. The van der Waals surface area contributed by atoms with E-state index < -0.39 is 6.10 Å². The molecule has 2 aromatic carbocycles. The van der Waals surface area contributed by atoms with E-state index in [1.165, 1.54) is 0 Å². The minimum Gasteiger partial charge on any atom is -0.481 e. The molecule has 0 aliphatic heterocycles. The van der Waals surface area contributed by atoms with Crippen molar-refractivity contribution in [2.75, 3.05) is 5.32 Å². The van der Waals surface area contributed by atoms with E-state index in [2.05, 4.69) is 10.6 Å². The van der Waals surface area contributed by atoms with Crippen molar-refractivity contribution in [1.82, 2.24) is 5.32 Å². The maximum absolute atomic E-state index is 12.7. The van der Waals surface area contributed by atoms with Crippen LogP contribution in [0.5, 0.6) is 5.75 Å². The largest absolute Gasteiger partial charge is 0.481 e. The standard InChI is InChI=1S/C22H28N2O3/c1-6-19(27-16-11-9-10-15(2)14-16)21(26)23-18-13-8-7-12-17(18)20(25)24-22(3,4)5/h7-14,19H,6H2,1-5H3,(H,23,26)(H,24,25). The second-order valence-corrected chi connectivity index (χ2v) is 7.57. The number of carbonyl (C=O) groups excluding carboxylic acids is 2. The van der Waals surface area contributed by atoms with E-state index in [1.807, 2.05) is 58.9 Å². The Hall–Kier alpha value is -2.82. The minimum absolute atomic E-state index is 0.231. The maximum Gasteiger partial charge on any atom is 0.265 e. The van der Waals surface area contributed by atoms with E-state index in [4.69, 9.17) is 4.74 Å². The zero-order chi connectivity index (χ0) is 20.0. The van der Waals surface area contributed by atoms with Gasteiger partial charge in [0.15, 0.2) is 6.10 Å². The average molecular weight is 368 g/mol. The summed E-state index contributed by atoms with van der Waals surface area (Å²) < 4.78 is 5.85. The molecule has 0 aliphatic rings. The number of carbonyl (C=O) groups is 2. The number of rotatable bonds is 6. The van der Waals surface area contributed by atoms with Gasteiger partial charge in [-0.05, 0) is 63.9 Å². The Morgan fingerprint density at radius 1 is 1.07 bits per heavy atom. The van der Waals surface area contributed by atoms with Crippen molar-refractivity contribution < 1.29 is 14.3 Å². The predicted molar refractivity (Wildman–Crippen MR) is 108 cm³/mol. The van der Waals surface area contributed by atoms with E-state index >= 15 is 0 Å². The average Bonchev–Trinajstić information content (AvgIpc) is 2.58. The Morgan fingerprint density at radius 2 is 1.78 bits per heavy atom. The fourth-order valence-electron chi connectivity index (χ4n) is 2.59. The molecule has 0 aromatic heterocycles. The Morgan fingerprint density at radius 3 is 2.41 bits per heavy atom. The number of ether oxygens (including phenoxy) is 1. The van der Waals surface area contributed by atoms with Crippen LogP contribution >= 0.6 is 0 Å². The van der Waals surface area contributed by atoms with Crippen LogP contribution in [0.3, 0.4) is 0 Å². The summed E-state index contributed by atoms with van der Waals surface area (Å²) in [5.74, 6) is 0.136. The third-order valence-electron chi connectivity index (χ3n) is 3.85. The fraction of sp³-hybridized carbons (Fsp3) is 0.364. The first kappa shape index (κ1) is 20.5. The molecule has 0 radical (unpaired) electrons. The Labute approximate surface area is 161 Å². The van der Waals surface area contributed by atoms with Gasteiger partial charge in [-0.25, -0.2) is 0 Å². The number of para-hydroxylation sites is 1. The van der Waals surface area contributed by atoms with E-state index in [9.17, 15) is 9.59 Å². The second-order valence-electron chi connectivity index (χ2n) is 7.57. The zero-order valence-corrected chi connectivity index (χ0v) is 16.6. The highest BCUT2D eigenvalue weighted by molar-refractivity contribution is 6.04. The lowest BCUT2D eigenvalue weighted by Crippen LogP contribution is -2.41. The molecule has 0 aliphatic carbocycles. The van der Waals surface area contributed by atoms with Crippen LogP contribution in [0.25, 0.3) is 0 Å². The molecule has 0 saturated heterocycles. The number of anilines is 1. The van der Waals surface area contributed by atoms with Crippen LogP contribution in [0.2, 0.25) is 0 Å². The number of amides is 2. The van der Waals surface area contributed by atoms with Gasteiger partial charge < -0.3 is 15.4 Å². The summed E-state index contributed by atoms with van der Waals surface area (Å²) in [7, 11) is 0. The van der Waals surface area contributed by atoms with Gasteiger partial charge in [0.25, 0.3) is 11.8 Å². The van der Waals surface area contributed by atoms with Crippen LogP contribution in [-0.2, 0) is 4.79 Å². The highest BCUT2D eigenvalue weighted by atomic mass is 16.5. The summed E-state index contributed by atoms with van der Waals surface area (Å²) >= 11 is 0. The number of nitrogens with one attached hydrogen (secondary N) is 2. The number of benzene rings is 2. The molecule has 5 nitrogen and oxygen atoms in total. The van der Waals surface area contributed by atoms with Crippen LogP contribution in [0.4, 0.5) is 5.69 Å². The maximum atomic E-state index is 12.7. The lowest BCUT2D eigenvalue weighted by Gasteiger charge is -2.22. The number of hydrogen-bond acceptors (Lipinski definition) is 3. The van der Waals surface area contributed by atoms with Gasteiger partial charge in [-0.1, -0.05) is 31.2 Å². The first-order valence-corrected chi connectivity index (χ1v) is 9.15. The molecule has 27 heavy (non-hydrogen) atoms. The second kappa shape index (κ2) is 8.71. The van der Waals surface area contributed by atoms with Gasteiger partial charge in [0.1, 0.15) is 5.75 Å². The van der Waals surface area contributed by atoms with Crippen LogP contribution in [0, 0.1) is 6.92 Å². The van der Waals surface area contributed by atoms with Crippen molar-refractivity contribution in [1.29, 1.82) is 0 Å². The molecule has 144 valence electrons. The molecule has 2 rings (SSSR count). The van der Waals surface area contributed by atoms with E-state index in [0.717, 1.165) is 5.56 Å². The van der Waals surface area contributed by atoms with Crippen LogP contribution in [0.1, 0.15) is 50.0 Å². The molecule has 2 amide bonds. The normalized spacial score (nSPS) is 12.2. The first-order chi connectivity index (χ1) is 12.7. The monoisotopic (exact) mass is 368 g/mol. The van der Waals surface area contributed by atoms with Crippen molar-refractivity contribution in [3.63, 3.8) is 0 Å². The van der Waals surface area contributed by atoms with Gasteiger partial charge in [-0.2, -0.15) is 0 Å². The summed E-state index contributed by atoms with van der Waals surface area (Å²) in [6.07, 6.45) is -0.138. The topological polar surface area (TPSA) is 67.4 Å². The molecule has 5 heteroatoms. The molecule has 0 bridgehead atoms. The van der Waals surface area contributed by atoms with E-state index in [1.54, 1.807) is 24.3 Å². The van der Waals surface area contributed by atoms with Crippen molar-refractivity contribution in [2.45, 2.75) is 52.7 Å². The number of hydrogen-bond donors (Lipinski definition) is 2. The van der Waals surface area contributed by atoms with Crippen molar-refractivity contribution in [3.05, 3.63) is 59.7 Å². The minimum atomic E-state index is -0.648. The molecular weight excluding hydrogens is 340 g/mol. The molecule has 0 fully saturated rings. The van der Waals surface area contributed by atoms with Crippen LogP contribution in [0.15, 0.2) is 48.5 Å². The SMILES string of the molecule is CCC(Oc1cccc(C)c1)C(=O)Nc1ccccc1C(=O)NC(C)(C)C. The van der Waals surface area contributed by atoms with Gasteiger partial charge >= 0.3 is 0 Å². The van der Waals surface area contributed by atoms with E-state index in [-0.39, 0.29) is 17.4 Å². The lowest BCUT2D eigenvalue weighted by atomic mass is 10.1. The third-order valence-corrected chi connectivity index (χ3v) is 3.85. The quantitative estimate of drug-likeness (QED) is 0.798. The molecule has 1 unspecified atom stereocenters. The summed E-state index contributed by atoms with van der Waals surface area (Å²) in [6, 6.07) is 14.5. The van der Waals surface area contributed by atoms with Crippen molar-refractivity contribution in [3.8, 4) is 5.75 Å². The summed E-state index contributed by atoms with van der Waals surface area (Å²) in [4.78, 5) is 25.3. The smallest absolute Gasteiger partial charge is 0.265 e. The highest BCUT2D eigenvalue weighted by Gasteiger charge is 2.22. The molecule has 2 N–H and O–H groups in total. The zero-order valence-electron chi connectivity index (χ0n) is 16.6. The lowest BCUT2D eigenvalue weighted by molar-refractivity contribution is -0.122. The molecule has 1 atom stereocenters. The molecule has 0 saturated carbocycles. The van der Waals surface area contributed by atoms with Gasteiger partial charge in [-0.3, -0.25) is 9.59 Å². The van der Waals surface area contributed by atoms with E-state index in [0.29, 0.717) is 23.4 Å². The van der Waals surface area contributed by atoms with Crippen molar-refractivity contribution >= 4 is 17.5 Å². The van der Waals surface area contributed by atoms with Crippen LogP contribution in [-0.4, -0.2) is 23.5 Å². The summed E-state index contributed by atoms with van der Waals surface area (Å²) in [6.45, 7) is 9.59. The number of aryl methyl sites for hydroxylation is 1. The molecule has 0 spiro atoms. The van der Waals surface area contributed by atoms with Crippen molar-refractivity contribution in [2.24, 2.45) is 0 Å². The Kier molecular flexibility index (Phi) is 6.61. The predicted octanol–water partition coefficient (Wildman–Crippen LogP) is 4.32. The van der Waals surface area contributed by atoms with Crippen LogP contribution < -0.4 is 15.4 Å². The fourth-order valence-corrected chi connectivity index (χ4v) is 2.59. The van der Waals surface area contributed by atoms with Gasteiger partial charge in [0.2, 0.25) is 0 Å². The molecule has 0 heterocycles. The third kappa shape index (κ3) is 6.13. The summed E-state index contributed by atoms with van der Waals surface area (Å²) in [5.41, 5.74) is 1.59. The molecular formula is C22H28N2O3.